The lowest BCUT2D eigenvalue weighted by molar-refractivity contribution is 0.0826. The molecule has 0 atom stereocenters. The monoisotopic (exact) mass is 252 g/mol. The van der Waals surface area contributed by atoms with Crippen molar-refractivity contribution in [1.29, 1.82) is 0 Å². The van der Waals surface area contributed by atoms with Crippen molar-refractivity contribution in [2.45, 2.75) is 37.8 Å². The molecule has 1 aromatic carbocycles. The SMILES string of the molecule is NC1CCC(OC(=O)Nc2cccc(F)c2)CC1. The summed E-state index contributed by atoms with van der Waals surface area (Å²) in [4.78, 5) is 11.6. The number of rotatable bonds is 2. The maximum atomic E-state index is 12.9. The van der Waals surface area contributed by atoms with Crippen LogP contribution >= 0.6 is 0 Å². The summed E-state index contributed by atoms with van der Waals surface area (Å²) in [6.45, 7) is 0. The molecule has 0 radical (unpaired) electrons. The van der Waals surface area contributed by atoms with Crippen LogP contribution in [0.4, 0.5) is 14.9 Å². The predicted molar refractivity (Wildman–Crippen MR) is 66.7 cm³/mol. The van der Waals surface area contributed by atoms with Crippen molar-refractivity contribution in [2.75, 3.05) is 5.32 Å². The Morgan fingerprint density at radius 1 is 1.33 bits per heavy atom. The van der Waals surface area contributed by atoms with Gasteiger partial charge in [-0.2, -0.15) is 0 Å². The number of carbonyl (C=O) groups excluding carboxylic acids is 1. The number of ether oxygens (including phenoxy) is 1. The lowest BCUT2D eigenvalue weighted by Gasteiger charge is -2.25. The number of halogens is 1. The molecule has 0 aromatic heterocycles. The highest BCUT2D eigenvalue weighted by Crippen LogP contribution is 2.20. The Kier molecular flexibility index (Phi) is 4.15. The average molecular weight is 252 g/mol. The molecule has 1 aliphatic carbocycles. The van der Waals surface area contributed by atoms with E-state index in [0.717, 1.165) is 25.7 Å². The Labute approximate surface area is 105 Å². The van der Waals surface area contributed by atoms with Crippen molar-refractivity contribution in [2.24, 2.45) is 5.73 Å². The van der Waals surface area contributed by atoms with Crippen LogP contribution in [0.3, 0.4) is 0 Å². The fraction of sp³-hybridized carbons (Fsp3) is 0.462. The number of hydrogen-bond donors (Lipinski definition) is 2. The molecule has 0 saturated heterocycles. The van der Waals surface area contributed by atoms with Crippen LogP contribution in [0, 0.1) is 5.82 Å². The van der Waals surface area contributed by atoms with Crippen molar-refractivity contribution in [3.05, 3.63) is 30.1 Å². The molecule has 3 N–H and O–H groups in total. The van der Waals surface area contributed by atoms with E-state index in [4.69, 9.17) is 10.5 Å². The molecule has 0 aliphatic heterocycles. The van der Waals surface area contributed by atoms with Crippen molar-refractivity contribution in [3.8, 4) is 0 Å². The summed E-state index contributed by atoms with van der Waals surface area (Å²) in [5, 5.41) is 2.51. The van der Waals surface area contributed by atoms with E-state index in [2.05, 4.69) is 5.32 Å². The quantitative estimate of drug-likeness (QED) is 0.850. The number of benzene rings is 1. The summed E-state index contributed by atoms with van der Waals surface area (Å²) in [5.74, 6) is -0.392. The van der Waals surface area contributed by atoms with Gasteiger partial charge in [0.2, 0.25) is 0 Å². The lowest BCUT2D eigenvalue weighted by atomic mass is 9.94. The molecular formula is C13H17FN2O2. The molecule has 2 rings (SSSR count). The molecule has 1 amide bonds. The molecule has 1 fully saturated rings. The van der Waals surface area contributed by atoms with Crippen LogP contribution in [-0.4, -0.2) is 18.2 Å². The zero-order valence-electron chi connectivity index (χ0n) is 10.1. The highest BCUT2D eigenvalue weighted by atomic mass is 19.1. The summed E-state index contributed by atoms with van der Waals surface area (Å²) >= 11 is 0. The van der Waals surface area contributed by atoms with Crippen LogP contribution in [0.15, 0.2) is 24.3 Å². The Hall–Kier alpha value is -1.62. The van der Waals surface area contributed by atoms with Crippen molar-refractivity contribution in [1.82, 2.24) is 0 Å². The Balaban J connectivity index is 1.82. The second-order valence-electron chi connectivity index (χ2n) is 4.58. The molecule has 0 bridgehead atoms. The van der Waals surface area contributed by atoms with Gasteiger partial charge in [-0.25, -0.2) is 9.18 Å². The van der Waals surface area contributed by atoms with Crippen molar-refractivity contribution in [3.63, 3.8) is 0 Å². The minimum Gasteiger partial charge on any atom is -0.446 e. The largest absolute Gasteiger partial charge is 0.446 e. The number of amides is 1. The van der Waals surface area contributed by atoms with E-state index in [-0.39, 0.29) is 12.1 Å². The van der Waals surface area contributed by atoms with Gasteiger partial charge in [-0.3, -0.25) is 5.32 Å². The summed E-state index contributed by atoms with van der Waals surface area (Å²) < 4.78 is 18.2. The Morgan fingerprint density at radius 2 is 2.06 bits per heavy atom. The smallest absolute Gasteiger partial charge is 0.411 e. The van der Waals surface area contributed by atoms with Crippen LogP contribution in [-0.2, 0) is 4.74 Å². The molecule has 98 valence electrons. The first-order valence-electron chi connectivity index (χ1n) is 6.12. The van der Waals surface area contributed by atoms with E-state index in [9.17, 15) is 9.18 Å². The fourth-order valence-electron chi connectivity index (χ4n) is 2.07. The van der Waals surface area contributed by atoms with Crippen molar-refractivity contribution >= 4 is 11.8 Å². The molecule has 1 saturated carbocycles. The van der Waals surface area contributed by atoms with E-state index < -0.39 is 11.9 Å². The molecule has 1 aliphatic rings. The van der Waals surface area contributed by atoms with E-state index in [1.807, 2.05) is 0 Å². The molecule has 5 heteroatoms. The van der Waals surface area contributed by atoms with Gasteiger partial charge < -0.3 is 10.5 Å². The van der Waals surface area contributed by atoms with Crippen LogP contribution in [0.1, 0.15) is 25.7 Å². The second kappa shape index (κ2) is 5.82. The zero-order valence-corrected chi connectivity index (χ0v) is 10.1. The standard InChI is InChI=1S/C13H17FN2O2/c14-9-2-1-3-11(8-9)16-13(17)18-12-6-4-10(15)5-7-12/h1-3,8,10,12H,4-7,15H2,(H,16,17). The highest BCUT2D eigenvalue weighted by molar-refractivity contribution is 5.84. The number of nitrogens with one attached hydrogen (secondary N) is 1. The van der Waals surface area contributed by atoms with Crippen LogP contribution < -0.4 is 11.1 Å². The third kappa shape index (κ3) is 3.70. The Bertz CT molecular complexity index is 417. The lowest BCUT2D eigenvalue weighted by Crippen LogP contribution is -2.32. The molecule has 18 heavy (non-hydrogen) atoms. The Morgan fingerprint density at radius 3 is 2.72 bits per heavy atom. The average Bonchev–Trinajstić information content (AvgIpc) is 2.32. The maximum absolute atomic E-state index is 12.9. The van der Waals surface area contributed by atoms with Gasteiger partial charge in [-0.15, -0.1) is 0 Å². The molecule has 0 unspecified atom stereocenters. The first-order chi connectivity index (χ1) is 8.63. The van der Waals surface area contributed by atoms with E-state index >= 15 is 0 Å². The molecular weight excluding hydrogens is 235 g/mol. The van der Waals surface area contributed by atoms with Gasteiger partial charge in [0.15, 0.2) is 0 Å². The van der Waals surface area contributed by atoms with E-state index in [1.54, 1.807) is 6.07 Å². The second-order valence-corrected chi connectivity index (χ2v) is 4.58. The third-order valence-electron chi connectivity index (χ3n) is 3.06. The minimum absolute atomic E-state index is 0.0849. The summed E-state index contributed by atoms with van der Waals surface area (Å²) in [5.41, 5.74) is 6.17. The first kappa shape index (κ1) is 12.8. The maximum Gasteiger partial charge on any atom is 0.411 e. The van der Waals surface area contributed by atoms with Gasteiger partial charge >= 0.3 is 6.09 Å². The number of carbonyl (C=O) groups is 1. The topological polar surface area (TPSA) is 64.3 Å². The van der Waals surface area contributed by atoms with Gasteiger partial charge in [0.25, 0.3) is 0 Å². The fourth-order valence-corrected chi connectivity index (χ4v) is 2.07. The number of anilines is 1. The van der Waals surface area contributed by atoms with Gasteiger partial charge in [0.1, 0.15) is 11.9 Å². The predicted octanol–water partition coefficient (Wildman–Crippen LogP) is 2.64. The van der Waals surface area contributed by atoms with E-state index in [0.29, 0.717) is 5.69 Å². The minimum atomic E-state index is -0.541. The molecule has 0 heterocycles. The van der Waals surface area contributed by atoms with Crippen molar-refractivity contribution < 1.29 is 13.9 Å². The van der Waals surface area contributed by atoms with Gasteiger partial charge in [-0.05, 0) is 43.9 Å². The molecule has 4 nitrogen and oxygen atoms in total. The highest BCUT2D eigenvalue weighted by Gasteiger charge is 2.21. The van der Waals surface area contributed by atoms with Gasteiger partial charge in [-0.1, -0.05) is 6.07 Å². The summed E-state index contributed by atoms with van der Waals surface area (Å²) in [7, 11) is 0. The van der Waals surface area contributed by atoms with E-state index in [1.165, 1.54) is 18.2 Å². The summed E-state index contributed by atoms with van der Waals surface area (Å²) in [6, 6.07) is 5.93. The molecule has 1 aromatic rings. The van der Waals surface area contributed by atoms with Crippen LogP contribution in [0.2, 0.25) is 0 Å². The van der Waals surface area contributed by atoms with Gasteiger partial charge in [0, 0.05) is 11.7 Å². The number of hydrogen-bond acceptors (Lipinski definition) is 3. The molecule has 0 spiro atoms. The van der Waals surface area contributed by atoms with Gasteiger partial charge in [0.05, 0.1) is 0 Å². The zero-order chi connectivity index (χ0) is 13.0. The normalized spacial score (nSPS) is 23.4. The van der Waals surface area contributed by atoms with Crippen LogP contribution in [0.5, 0.6) is 0 Å². The summed E-state index contributed by atoms with van der Waals surface area (Å²) in [6.07, 6.45) is 2.70. The first-order valence-corrected chi connectivity index (χ1v) is 6.12. The van der Waals surface area contributed by atoms with Crippen LogP contribution in [0.25, 0.3) is 0 Å². The number of nitrogens with two attached hydrogens (primary N) is 1. The third-order valence-corrected chi connectivity index (χ3v) is 3.06.